The zero-order chi connectivity index (χ0) is 17.6. The molecule has 4 aliphatic carbocycles. The van der Waals surface area contributed by atoms with Gasteiger partial charge in [-0.1, -0.05) is 6.07 Å². The number of nitrogens with one attached hydrogen (secondary N) is 1. The fourth-order valence-electron chi connectivity index (χ4n) is 5.91. The number of pyridine rings is 1. The molecule has 1 unspecified atom stereocenters. The Bertz CT molecular complexity index is 665. The Morgan fingerprint density at radius 1 is 1.12 bits per heavy atom. The Morgan fingerprint density at radius 2 is 1.68 bits per heavy atom. The molecule has 1 amide bonds. The summed E-state index contributed by atoms with van der Waals surface area (Å²) in [6.07, 6.45) is 7.91. The van der Waals surface area contributed by atoms with Gasteiger partial charge in [0.15, 0.2) is 0 Å². The highest BCUT2D eigenvalue weighted by Crippen LogP contribution is 2.61. The number of carbonyl (C=O) groups excluding carboxylic acids is 2. The Balaban J connectivity index is 1.48. The SMILES string of the molecule is COC(=O)c1cccc(C(=O)NC(C)C23CC4CC(CC(C4)C2)C3)n1. The second-order valence-corrected chi connectivity index (χ2v) is 8.37. The van der Waals surface area contributed by atoms with E-state index in [2.05, 4.69) is 22.0 Å². The molecule has 1 aromatic rings. The summed E-state index contributed by atoms with van der Waals surface area (Å²) in [4.78, 5) is 28.5. The highest BCUT2D eigenvalue weighted by molar-refractivity contribution is 5.94. The average Bonchev–Trinajstić information content (AvgIpc) is 2.60. The lowest BCUT2D eigenvalue weighted by Crippen LogP contribution is -2.55. The van der Waals surface area contributed by atoms with E-state index < -0.39 is 5.97 Å². The summed E-state index contributed by atoms with van der Waals surface area (Å²) in [5.74, 6) is 1.84. The number of methoxy groups -OCH3 is 1. The summed E-state index contributed by atoms with van der Waals surface area (Å²) in [5.41, 5.74) is 0.696. The Hall–Kier alpha value is -1.91. The molecule has 1 N–H and O–H groups in total. The van der Waals surface area contributed by atoms with Crippen LogP contribution in [0, 0.1) is 23.2 Å². The van der Waals surface area contributed by atoms with Gasteiger partial charge in [-0.05, 0) is 80.8 Å². The van der Waals surface area contributed by atoms with Crippen molar-refractivity contribution in [1.29, 1.82) is 0 Å². The van der Waals surface area contributed by atoms with Crippen LogP contribution in [0.3, 0.4) is 0 Å². The molecule has 4 aliphatic rings. The zero-order valence-corrected chi connectivity index (χ0v) is 15.0. The lowest BCUT2D eigenvalue weighted by molar-refractivity contribution is -0.0688. The van der Waals surface area contributed by atoms with E-state index in [4.69, 9.17) is 0 Å². The van der Waals surface area contributed by atoms with Crippen LogP contribution in [0.15, 0.2) is 18.2 Å². The van der Waals surface area contributed by atoms with Gasteiger partial charge in [0.2, 0.25) is 0 Å². The van der Waals surface area contributed by atoms with E-state index >= 15 is 0 Å². The largest absolute Gasteiger partial charge is 0.464 e. The van der Waals surface area contributed by atoms with E-state index in [9.17, 15) is 9.59 Å². The lowest BCUT2D eigenvalue weighted by Gasteiger charge is -2.59. The molecule has 0 aromatic carbocycles. The van der Waals surface area contributed by atoms with E-state index in [1.807, 2.05) is 0 Å². The minimum Gasteiger partial charge on any atom is -0.464 e. The summed E-state index contributed by atoms with van der Waals surface area (Å²) in [5, 5.41) is 3.18. The van der Waals surface area contributed by atoms with Crippen LogP contribution >= 0.6 is 0 Å². The van der Waals surface area contributed by atoms with E-state index in [1.165, 1.54) is 45.6 Å². The molecule has 4 saturated carbocycles. The first kappa shape index (κ1) is 16.6. The van der Waals surface area contributed by atoms with Crippen LogP contribution in [0.1, 0.15) is 66.4 Å². The van der Waals surface area contributed by atoms with Crippen molar-refractivity contribution in [3.05, 3.63) is 29.6 Å². The molecule has 0 saturated heterocycles. The number of esters is 1. The van der Waals surface area contributed by atoms with Crippen LogP contribution in [0.5, 0.6) is 0 Å². The van der Waals surface area contributed by atoms with Crippen molar-refractivity contribution < 1.29 is 14.3 Å². The van der Waals surface area contributed by atoms with Crippen LogP contribution in [0.4, 0.5) is 0 Å². The van der Waals surface area contributed by atoms with E-state index in [-0.39, 0.29) is 28.8 Å². The molecule has 25 heavy (non-hydrogen) atoms. The number of hydrogen-bond acceptors (Lipinski definition) is 4. The van der Waals surface area contributed by atoms with Crippen LogP contribution in [0.25, 0.3) is 0 Å². The molecule has 4 fully saturated rings. The number of aromatic nitrogens is 1. The lowest BCUT2D eigenvalue weighted by atomic mass is 9.48. The summed E-state index contributed by atoms with van der Waals surface area (Å²) >= 11 is 0. The van der Waals surface area contributed by atoms with Gasteiger partial charge in [-0.3, -0.25) is 4.79 Å². The molecule has 4 bridgehead atoms. The van der Waals surface area contributed by atoms with Crippen LogP contribution in [-0.4, -0.2) is 30.0 Å². The van der Waals surface area contributed by atoms with Crippen LogP contribution in [0.2, 0.25) is 0 Å². The minimum atomic E-state index is -0.524. The Morgan fingerprint density at radius 3 is 2.24 bits per heavy atom. The quantitative estimate of drug-likeness (QED) is 0.853. The zero-order valence-electron chi connectivity index (χ0n) is 15.0. The fourth-order valence-corrected chi connectivity index (χ4v) is 5.91. The Kier molecular flexibility index (Phi) is 4.05. The third-order valence-corrected chi connectivity index (χ3v) is 6.73. The number of nitrogens with zero attached hydrogens (tertiary/aromatic N) is 1. The molecule has 5 heteroatoms. The molecular weight excluding hydrogens is 316 g/mol. The topological polar surface area (TPSA) is 68.3 Å². The molecule has 1 heterocycles. The van der Waals surface area contributed by atoms with Gasteiger partial charge in [-0.25, -0.2) is 9.78 Å². The van der Waals surface area contributed by atoms with Crippen LogP contribution in [-0.2, 0) is 4.74 Å². The van der Waals surface area contributed by atoms with Crippen molar-refractivity contribution in [2.75, 3.05) is 7.11 Å². The van der Waals surface area contributed by atoms with Gasteiger partial charge >= 0.3 is 5.97 Å². The maximum Gasteiger partial charge on any atom is 0.356 e. The van der Waals surface area contributed by atoms with Gasteiger partial charge in [-0.2, -0.15) is 0 Å². The van der Waals surface area contributed by atoms with Gasteiger partial charge in [0.1, 0.15) is 11.4 Å². The second-order valence-electron chi connectivity index (χ2n) is 8.37. The monoisotopic (exact) mass is 342 g/mol. The number of ether oxygens (including phenoxy) is 1. The fraction of sp³-hybridized carbons (Fsp3) is 0.650. The first-order chi connectivity index (χ1) is 12.0. The van der Waals surface area contributed by atoms with Gasteiger partial charge in [-0.15, -0.1) is 0 Å². The molecule has 0 radical (unpaired) electrons. The van der Waals surface area contributed by atoms with E-state index in [1.54, 1.807) is 18.2 Å². The Labute approximate surface area is 148 Å². The first-order valence-corrected chi connectivity index (χ1v) is 9.35. The highest BCUT2D eigenvalue weighted by atomic mass is 16.5. The van der Waals surface area contributed by atoms with Gasteiger partial charge in [0.25, 0.3) is 5.91 Å². The molecule has 1 atom stereocenters. The number of hydrogen-bond donors (Lipinski definition) is 1. The second kappa shape index (κ2) is 6.11. The van der Waals surface area contributed by atoms with Crippen molar-refractivity contribution in [3.63, 3.8) is 0 Å². The molecule has 1 aromatic heterocycles. The first-order valence-electron chi connectivity index (χ1n) is 9.35. The summed E-state index contributed by atoms with van der Waals surface area (Å²) in [7, 11) is 1.31. The predicted molar refractivity (Wildman–Crippen MR) is 93.1 cm³/mol. The van der Waals surface area contributed by atoms with Crippen molar-refractivity contribution in [2.24, 2.45) is 23.2 Å². The molecule has 5 nitrogen and oxygen atoms in total. The van der Waals surface area contributed by atoms with Gasteiger partial charge in [0, 0.05) is 6.04 Å². The number of amides is 1. The minimum absolute atomic E-state index is 0.136. The number of rotatable bonds is 4. The maximum atomic E-state index is 12.7. The van der Waals surface area contributed by atoms with E-state index in [0.717, 1.165) is 17.8 Å². The highest BCUT2D eigenvalue weighted by Gasteiger charge is 2.53. The van der Waals surface area contributed by atoms with E-state index in [0.29, 0.717) is 0 Å². The summed E-state index contributed by atoms with van der Waals surface area (Å²) < 4.78 is 4.68. The third kappa shape index (κ3) is 2.94. The van der Waals surface area contributed by atoms with Crippen molar-refractivity contribution in [1.82, 2.24) is 10.3 Å². The smallest absolute Gasteiger partial charge is 0.356 e. The standard InChI is InChI=1S/C20H26N2O3/c1-12(20-9-13-6-14(10-20)8-15(7-13)11-20)21-18(23)16-4-3-5-17(22-16)19(24)25-2/h3-5,12-15H,6-11H2,1-2H3,(H,21,23). The van der Waals surface area contributed by atoms with Crippen molar-refractivity contribution >= 4 is 11.9 Å². The third-order valence-electron chi connectivity index (χ3n) is 6.73. The van der Waals surface area contributed by atoms with Crippen LogP contribution < -0.4 is 5.32 Å². The predicted octanol–water partition coefficient (Wildman–Crippen LogP) is 3.20. The van der Waals surface area contributed by atoms with Crippen molar-refractivity contribution in [3.8, 4) is 0 Å². The molecule has 134 valence electrons. The van der Waals surface area contributed by atoms with Crippen molar-refractivity contribution in [2.45, 2.75) is 51.5 Å². The number of carbonyl (C=O) groups is 2. The summed E-state index contributed by atoms with van der Waals surface area (Å²) in [6.45, 7) is 2.15. The normalized spacial score (nSPS) is 33.8. The average molecular weight is 342 g/mol. The summed E-state index contributed by atoms with van der Waals surface area (Å²) in [6, 6.07) is 5.01. The molecule has 5 rings (SSSR count). The molecule has 0 aliphatic heterocycles. The van der Waals surface area contributed by atoms with Gasteiger partial charge < -0.3 is 10.1 Å². The van der Waals surface area contributed by atoms with Gasteiger partial charge in [0.05, 0.1) is 7.11 Å². The maximum absolute atomic E-state index is 12.7. The molecular formula is C20H26N2O3. The molecule has 0 spiro atoms.